The number of carbonyl (C=O) groups is 1. The van der Waals surface area contributed by atoms with Crippen LogP contribution < -0.4 is 10.1 Å². The summed E-state index contributed by atoms with van der Waals surface area (Å²) in [5.74, 6) is 0.308. The molecule has 3 aromatic carbocycles. The molecule has 1 amide bonds. The second-order valence-electron chi connectivity index (χ2n) is 5.81. The van der Waals surface area contributed by atoms with Crippen LogP contribution in [0.15, 0.2) is 66.7 Å². The zero-order chi connectivity index (χ0) is 19.2. The molecule has 0 fully saturated rings. The summed E-state index contributed by atoms with van der Waals surface area (Å²) >= 11 is 18.0. The molecule has 0 spiro atoms. The standard InChI is InChI=1S/C21H16Cl3NO2/c22-17-12-19(24)20(13-18(17)23)25-21(26)15-7-4-8-16(11-15)27-10-9-14-5-2-1-3-6-14/h1-8,11-13H,9-10H2,(H,25,26). The zero-order valence-corrected chi connectivity index (χ0v) is 16.5. The molecular weight excluding hydrogens is 405 g/mol. The molecule has 27 heavy (non-hydrogen) atoms. The van der Waals surface area contributed by atoms with Gasteiger partial charge in [0.05, 0.1) is 27.4 Å². The highest BCUT2D eigenvalue weighted by molar-refractivity contribution is 6.44. The molecule has 0 aliphatic carbocycles. The van der Waals surface area contributed by atoms with Crippen LogP contribution in [-0.4, -0.2) is 12.5 Å². The Morgan fingerprint density at radius 2 is 1.59 bits per heavy atom. The van der Waals surface area contributed by atoms with E-state index in [4.69, 9.17) is 39.5 Å². The summed E-state index contributed by atoms with van der Waals surface area (Å²) in [4.78, 5) is 12.5. The number of ether oxygens (including phenoxy) is 1. The van der Waals surface area contributed by atoms with Crippen molar-refractivity contribution in [2.45, 2.75) is 6.42 Å². The van der Waals surface area contributed by atoms with Crippen LogP contribution in [-0.2, 0) is 6.42 Å². The first-order valence-corrected chi connectivity index (χ1v) is 9.39. The predicted octanol–water partition coefficient (Wildman–Crippen LogP) is 6.52. The average molecular weight is 421 g/mol. The molecule has 0 saturated heterocycles. The third-order valence-corrected chi connectivity index (χ3v) is 4.89. The number of amides is 1. The second kappa shape index (κ2) is 9.14. The molecule has 0 aliphatic rings. The number of nitrogens with one attached hydrogen (secondary N) is 1. The van der Waals surface area contributed by atoms with Crippen LogP contribution in [0.3, 0.4) is 0 Å². The first-order valence-electron chi connectivity index (χ1n) is 8.25. The van der Waals surface area contributed by atoms with Crippen LogP contribution in [0.1, 0.15) is 15.9 Å². The fourth-order valence-electron chi connectivity index (χ4n) is 2.47. The van der Waals surface area contributed by atoms with Gasteiger partial charge in [0, 0.05) is 12.0 Å². The summed E-state index contributed by atoms with van der Waals surface area (Å²) in [6.07, 6.45) is 0.788. The largest absolute Gasteiger partial charge is 0.493 e. The van der Waals surface area contributed by atoms with E-state index in [0.29, 0.717) is 38.7 Å². The molecule has 0 bridgehead atoms. The minimum absolute atomic E-state index is 0.313. The van der Waals surface area contributed by atoms with Crippen molar-refractivity contribution >= 4 is 46.4 Å². The van der Waals surface area contributed by atoms with Crippen molar-refractivity contribution in [3.63, 3.8) is 0 Å². The lowest BCUT2D eigenvalue weighted by Gasteiger charge is -2.10. The topological polar surface area (TPSA) is 38.3 Å². The lowest BCUT2D eigenvalue weighted by atomic mass is 10.1. The minimum atomic E-state index is -0.316. The van der Waals surface area contributed by atoms with E-state index in [1.165, 1.54) is 17.7 Å². The SMILES string of the molecule is O=C(Nc1cc(Cl)c(Cl)cc1Cl)c1cccc(OCCc2ccccc2)c1. The van der Waals surface area contributed by atoms with Crippen molar-refractivity contribution in [2.75, 3.05) is 11.9 Å². The van der Waals surface area contributed by atoms with Gasteiger partial charge in [-0.25, -0.2) is 0 Å². The van der Waals surface area contributed by atoms with Crippen molar-refractivity contribution in [2.24, 2.45) is 0 Å². The Morgan fingerprint density at radius 1 is 0.852 bits per heavy atom. The monoisotopic (exact) mass is 419 g/mol. The fraction of sp³-hybridized carbons (Fsp3) is 0.0952. The highest BCUT2D eigenvalue weighted by atomic mass is 35.5. The Balaban J connectivity index is 1.64. The molecular formula is C21H16Cl3NO2. The number of halogens is 3. The quantitative estimate of drug-likeness (QED) is 0.461. The number of hydrogen-bond donors (Lipinski definition) is 1. The van der Waals surface area contributed by atoms with Crippen molar-refractivity contribution in [1.29, 1.82) is 0 Å². The van der Waals surface area contributed by atoms with E-state index in [9.17, 15) is 4.79 Å². The first kappa shape index (κ1) is 19.6. The van der Waals surface area contributed by atoms with Crippen molar-refractivity contribution in [1.82, 2.24) is 0 Å². The molecule has 3 aromatic rings. The van der Waals surface area contributed by atoms with Gasteiger partial charge in [0.15, 0.2) is 0 Å². The number of hydrogen-bond acceptors (Lipinski definition) is 2. The van der Waals surface area contributed by atoms with E-state index < -0.39 is 0 Å². The molecule has 0 aliphatic heterocycles. The van der Waals surface area contributed by atoms with Crippen LogP contribution >= 0.6 is 34.8 Å². The van der Waals surface area contributed by atoms with Crippen LogP contribution in [0.5, 0.6) is 5.75 Å². The second-order valence-corrected chi connectivity index (χ2v) is 7.03. The summed E-state index contributed by atoms with van der Waals surface area (Å²) in [6, 6.07) is 20.0. The van der Waals surface area contributed by atoms with Gasteiger partial charge in [0.1, 0.15) is 5.75 Å². The lowest BCUT2D eigenvalue weighted by molar-refractivity contribution is 0.102. The maximum Gasteiger partial charge on any atom is 0.255 e. The van der Waals surface area contributed by atoms with Crippen LogP contribution in [0.2, 0.25) is 15.1 Å². The fourth-order valence-corrected chi connectivity index (χ4v) is 3.07. The van der Waals surface area contributed by atoms with E-state index in [1.54, 1.807) is 18.2 Å². The third-order valence-electron chi connectivity index (χ3n) is 3.86. The molecule has 0 atom stereocenters. The van der Waals surface area contributed by atoms with Crippen LogP contribution in [0.25, 0.3) is 0 Å². The van der Waals surface area contributed by atoms with E-state index in [2.05, 4.69) is 5.32 Å². The van der Waals surface area contributed by atoms with E-state index in [0.717, 1.165) is 6.42 Å². The Bertz CT molecular complexity index is 945. The highest BCUT2D eigenvalue weighted by Gasteiger charge is 2.12. The van der Waals surface area contributed by atoms with E-state index in [-0.39, 0.29) is 5.91 Å². The highest BCUT2D eigenvalue weighted by Crippen LogP contribution is 2.32. The molecule has 138 valence electrons. The predicted molar refractivity (Wildman–Crippen MR) is 112 cm³/mol. The molecule has 0 aromatic heterocycles. The van der Waals surface area contributed by atoms with Gasteiger partial charge in [-0.3, -0.25) is 4.79 Å². The van der Waals surface area contributed by atoms with Gasteiger partial charge >= 0.3 is 0 Å². The molecule has 0 saturated carbocycles. The molecule has 0 unspecified atom stereocenters. The smallest absolute Gasteiger partial charge is 0.255 e. The van der Waals surface area contributed by atoms with Gasteiger partial charge in [-0.15, -0.1) is 0 Å². The summed E-state index contributed by atoms with van der Waals surface area (Å²) < 4.78 is 5.76. The number of rotatable bonds is 6. The molecule has 1 N–H and O–H groups in total. The van der Waals surface area contributed by atoms with Crippen LogP contribution in [0, 0.1) is 0 Å². The zero-order valence-electron chi connectivity index (χ0n) is 14.2. The number of anilines is 1. The number of benzene rings is 3. The van der Waals surface area contributed by atoms with Gasteiger partial charge in [-0.05, 0) is 35.9 Å². The van der Waals surface area contributed by atoms with Gasteiger partial charge in [0.25, 0.3) is 5.91 Å². The van der Waals surface area contributed by atoms with E-state index >= 15 is 0 Å². The molecule has 0 radical (unpaired) electrons. The van der Waals surface area contributed by atoms with Gasteiger partial charge in [-0.1, -0.05) is 71.2 Å². The van der Waals surface area contributed by atoms with Crippen molar-refractivity contribution in [3.8, 4) is 5.75 Å². The summed E-state index contributed by atoms with van der Waals surface area (Å²) in [5, 5.41) is 3.69. The Kier molecular flexibility index (Phi) is 6.62. The van der Waals surface area contributed by atoms with Crippen molar-refractivity contribution in [3.05, 3.63) is 92.9 Å². The first-order chi connectivity index (χ1) is 13.0. The lowest BCUT2D eigenvalue weighted by Crippen LogP contribution is -2.12. The normalized spacial score (nSPS) is 10.5. The summed E-state index contributed by atoms with van der Waals surface area (Å²) in [5.41, 5.74) is 2.04. The maximum atomic E-state index is 12.5. The Hall–Kier alpha value is -2.20. The maximum absolute atomic E-state index is 12.5. The molecule has 3 nitrogen and oxygen atoms in total. The third kappa shape index (κ3) is 5.39. The van der Waals surface area contributed by atoms with Gasteiger partial charge in [0.2, 0.25) is 0 Å². The van der Waals surface area contributed by atoms with E-state index in [1.807, 2.05) is 36.4 Å². The summed E-state index contributed by atoms with van der Waals surface area (Å²) in [6.45, 7) is 0.522. The minimum Gasteiger partial charge on any atom is -0.493 e. The summed E-state index contributed by atoms with van der Waals surface area (Å²) in [7, 11) is 0. The van der Waals surface area contributed by atoms with Crippen molar-refractivity contribution < 1.29 is 9.53 Å². The molecule has 0 heterocycles. The Labute approximate surface area is 172 Å². The Morgan fingerprint density at radius 3 is 2.37 bits per heavy atom. The average Bonchev–Trinajstić information content (AvgIpc) is 2.67. The van der Waals surface area contributed by atoms with Gasteiger partial charge < -0.3 is 10.1 Å². The number of carbonyl (C=O) groups excluding carboxylic acids is 1. The van der Waals surface area contributed by atoms with Crippen LogP contribution in [0.4, 0.5) is 5.69 Å². The van der Waals surface area contributed by atoms with Gasteiger partial charge in [-0.2, -0.15) is 0 Å². The molecule has 6 heteroatoms. The molecule has 3 rings (SSSR count).